The number of nitrogens with zero attached hydrogens (tertiary/aromatic N) is 1. The maximum absolute atomic E-state index is 10.9. The Kier molecular flexibility index (Phi) is 2.10. The summed E-state index contributed by atoms with van der Waals surface area (Å²) in [5.41, 5.74) is 0. The smallest absolute Gasteiger partial charge is 0.256 e. The lowest BCUT2D eigenvalue weighted by molar-refractivity contribution is -0.127. The number of amides is 2. The molecule has 0 aromatic heterocycles. The maximum Gasteiger partial charge on any atom is 0.256 e. The van der Waals surface area contributed by atoms with Crippen LogP contribution in [0.1, 0.15) is 19.3 Å². The largest absolute Gasteiger partial charge is 0.313 e. The third-order valence-corrected chi connectivity index (χ3v) is 1.99. The van der Waals surface area contributed by atoms with Crippen molar-refractivity contribution in [3.8, 4) is 0 Å². The zero-order chi connectivity index (χ0) is 9.26. The Morgan fingerprint density at radius 1 is 1.46 bits per heavy atom. The molecule has 0 saturated heterocycles. The van der Waals surface area contributed by atoms with Crippen molar-refractivity contribution >= 4 is 17.6 Å². The fourth-order valence-corrected chi connectivity index (χ4v) is 1.17. The van der Waals surface area contributed by atoms with Gasteiger partial charge >= 0.3 is 0 Å². The molecule has 0 aromatic carbocycles. The Morgan fingerprint density at radius 2 is 2.23 bits per heavy atom. The van der Waals surface area contributed by atoms with Crippen molar-refractivity contribution in [1.82, 2.24) is 10.6 Å². The molecule has 1 aliphatic heterocycles. The summed E-state index contributed by atoms with van der Waals surface area (Å²) in [7, 11) is 0. The number of rotatable bonds is 3. The quantitative estimate of drug-likeness (QED) is 0.559. The Bertz CT molecular complexity index is 281. The van der Waals surface area contributed by atoms with Crippen LogP contribution >= 0.6 is 0 Å². The molecular formula is C8H11N3O2. The molecule has 2 N–H and O–H groups in total. The van der Waals surface area contributed by atoms with Gasteiger partial charge in [-0.3, -0.25) is 9.59 Å². The standard InChI is InChI=1S/C8H11N3O2/c12-7-3-8(13)11-6(10-7)4-9-5-1-2-5/h5,9H,1-4H2,(H,10,11,12,13). The predicted octanol–water partition coefficient (Wildman–Crippen LogP) is -0.817. The monoisotopic (exact) mass is 181 g/mol. The summed E-state index contributed by atoms with van der Waals surface area (Å²) in [5.74, 6) is -0.155. The zero-order valence-electron chi connectivity index (χ0n) is 7.17. The van der Waals surface area contributed by atoms with Crippen molar-refractivity contribution in [2.75, 3.05) is 6.54 Å². The van der Waals surface area contributed by atoms with Crippen molar-refractivity contribution in [3.05, 3.63) is 0 Å². The van der Waals surface area contributed by atoms with Crippen LogP contribution < -0.4 is 10.6 Å². The molecular weight excluding hydrogens is 170 g/mol. The molecule has 5 heteroatoms. The molecule has 1 saturated carbocycles. The first kappa shape index (κ1) is 8.37. The van der Waals surface area contributed by atoms with Crippen molar-refractivity contribution in [1.29, 1.82) is 0 Å². The Balaban J connectivity index is 1.88. The SMILES string of the molecule is O=C1CC(=O)NC(CNC2CC2)=N1. The van der Waals surface area contributed by atoms with Gasteiger partial charge in [0.25, 0.3) is 5.91 Å². The fraction of sp³-hybridized carbons (Fsp3) is 0.625. The Morgan fingerprint density at radius 3 is 2.85 bits per heavy atom. The van der Waals surface area contributed by atoms with Crippen LogP contribution in [0.15, 0.2) is 4.99 Å². The number of hydrogen-bond acceptors (Lipinski definition) is 3. The normalized spacial score (nSPS) is 22.6. The van der Waals surface area contributed by atoms with Crippen LogP contribution in [0.3, 0.4) is 0 Å². The number of nitrogens with one attached hydrogen (secondary N) is 2. The molecule has 0 radical (unpaired) electrons. The van der Waals surface area contributed by atoms with E-state index in [2.05, 4.69) is 15.6 Å². The summed E-state index contributed by atoms with van der Waals surface area (Å²) in [4.78, 5) is 25.5. The Labute approximate surface area is 75.6 Å². The molecule has 1 aliphatic carbocycles. The molecule has 13 heavy (non-hydrogen) atoms. The molecule has 2 aliphatic rings. The molecule has 0 bridgehead atoms. The van der Waals surface area contributed by atoms with Crippen molar-refractivity contribution in [2.24, 2.45) is 4.99 Å². The van der Waals surface area contributed by atoms with Gasteiger partial charge in [0, 0.05) is 6.04 Å². The predicted molar refractivity (Wildman–Crippen MR) is 46.2 cm³/mol. The summed E-state index contributed by atoms with van der Waals surface area (Å²) in [6, 6.07) is 0.552. The Hall–Kier alpha value is -1.23. The van der Waals surface area contributed by atoms with Crippen molar-refractivity contribution < 1.29 is 9.59 Å². The van der Waals surface area contributed by atoms with E-state index in [1.165, 1.54) is 12.8 Å². The molecule has 70 valence electrons. The van der Waals surface area contributed by atoms with E-state index in [4.69, 9.17) is 0 Å². The van der Waals surface area contributed by atoms with Crippen molar-refractivity contribution in [3.63, 3.8) is 0 Å². The first-order chi connectivity index (χ1) is 6.24. The van der Waals surface area contributed by atoms with Crippen molar-refractivity contribution in [2.45, 2.75) is 25.3 Å². The average molecular weight is 181 g/mol. The van der Waals surface area contributed by atoms with E-state index < -0.39 is 0 Å². The van der Waals surface area contributed by atoms with E-state index in [0.717, 1.165) is 0 Å². The van der Waals surface area contributed by atoms with Gasteiger partial charge < -0.3 is 10.6 Å². The van der Waals surface area contributed by atoms with E-state index in [1.54, 1.807) is 0 Å². The maximum atomic E-state index is 10.9. The third-order valence-electron chi connectivity index (χ3n) is 1.99. The minimum atomic E-state index is -0.351. The van der Waals surface area contributed by atoms with Gasteiger partial charge in [-0.25, -0.2) is 0 Å². The summed E-state index contributed by atoms with van der Waals surface area (Å²) in [6.07, 6.45) is 2.23. The highest BCUT2D eigenvalue weighted by molar-refractivity contribution is 6.14. The van der Waals surface area contributed by atoms with Crippen LogP contribution in [0.25, 0.3) is 0 Å². The number of carbonyl (C=O) groups is 2. The minimum absolute atomic E-state index is 0.118. The van der Waals surface area contributed by atoms with Gasteiger partial charge in [0.2, 0.25) is 5.91 Å². The van der Waals surface area contributed by atoms with Crippen LogP contribution in [0, 0.1) is 0 Å². The van der Waals surface area contributed by atoms with Gasteiger partial charge in [-0.2, -0.15) is 4.99 Å². The molecule has 0 spiro atoms. The van der Waals surface area contributed by atoms with Crippen LogP contribution in [0.4, 0.5) is 0 Å². The van der Waals surface area contributed by atoms with Crippen LogP contribution in [0.5, 0.6) is 0 Å². The molecule has 0 unspecified atom stereocenters. The van der Waals surface area contributed by atoms with E-state index in [0.29, 0.717) is 18.4 Å². The molecule has 2 amide bonds. The highest BCUT2D eigenvalue weighted by Gasteiger charge is 2.23. The molecule has 2 rings (SSSR count). The number of hydrogen-bond donors (Lipinski definition) is 2. The van der Waals surface area contributed by atoms with Gasteiger partial charge in [-0.05, 0) is 12.8 Å². The molecule has 0 atom stereocenters. The second-order valence-corrected chi connectivity index (χ2v) is 3.33. The molecule has 0 aromatic rings. The molecule has 1 heterocycles. The summed E-state index contributed by atoms with van der Waals surface area (Å²) < 4.78 is 0. The van der Waals surface area contributed by atoms with Gasteiger partial charge in [0.1, 0.15) is 12.3 Å². The zero-order valence-corrected chi connectivity index (χ0v) is 7.17. The first-order valence-electron chi connectivity index (χ1n) is 4.37. The summed E-state index contributed by atoms with van der Waals surface area (Å²) in [6.45, 7) is 0.488. The van der Waals surface area contributed by atoms with E-state index in [1.807, 2.05) is 0 Å². The highest BCUT2D eigenvalue weighted by atomic mass is 16.2. The van der Waals surface area contributed by atoms with E-state index in [-0.39, 0.29) is 18.2 Å². The summed E-state index contributed by atoms with van der Waals surface area (Å²) >= 11 is 0. The highest BCUT2D eigenvalue weighted by Crippen LogP contribution is 2.18. The lowest BCUT2D eigenvalue weighted by atomic mass is 10.3. The minimum Gasteiger partial charge on any atom is -0.313 e. The second kappa shape index (κ2) is 3.26. The number of carbonyl (C=O) groups excluding carboxylic acids is 2. The topological polar surface area (TPSA) is 70.6 Å². The lowest BCUT2D eigenvalue weighted by Gasteiger charge is -2.12. The van der Waals surface area contributed by atoms with E-state index in [9.17, 15) is 9.59 Å². The van der Waals surface area contributed by atoms with Crippen LogP contribution in [-0.4, -0.2) is 30.2 Å². The van der Waals surface area contributed by atoms with Gasteiger partial charge in [0.15, 0.2) is 0 Å². The summed E-state index contributed by atoms with van der Waals surface area (Å²) in [5, 5.41) is 5.73. The molecule has 1 fully saturated rings. The first-order valence-corrected chi connectivity index (χ1v) is 4.37. The average Bonchev–Trinajstić information content (AvgIpc) is 2.81. The van der Waals surface area contributed by atoms with Gasteiger partial charge in [0.05, 0.1) is 6.54 Å². The molecule has 5 nitrogen and oxygen atoms in total. The van der Waals surface area contributed by atoms with Crippen LogP contribution in [-0.2, 0) is 9.59 Å². The third kappa shape index (κ3) is 2.35. The van der Waals surface area contributed by atoms with E-state index >= 15 is 0 Å². The fourth-order valence-electron chi connectivity index (χ4n) is 1.17. The lowest BCUT2D eigenvalue weighted by Crippen LogP contribution is -2.42. The second-order valence-electron chi connectivity index (χ2n) is 3.33. The van der Waals surface area contributed by atoms with Crippen LogP contribution in [0.2, 0.25) is 0 Å². The van der Waals surface area contributed by atoms with Gasteiger partial charge in [-0.1, -0.05) is 0 Å². The number of amidine groups is 1. The van der Waals surface area contributed by atoms with Gasteiger partial charge in [-0.15, -0.1) is 0 Å². The number of aliphatic imine (C=N–C) groups is 1.